The van der Waals surface area contributed by atoms with Gasteiger partial charge in [-0.25, -0.2) is 4.79 Å². The first-order valence-corrected chi connectivity index (χ1v) is 5.41. The van der Waals surface area contributed by atoms with E-state index in [9.17, 15) is 4.79 Å². The van der Waals surface area contributed by atoms with Crippen LogP contribution >= 0.6 is 0 Å². The normalized spacial score (nSPS) is 12.5. The Morgan fingerprint density at radius 1 is 1.59 bits per heavy atom. The van der Waals surface area contributed by atoms with Crippen LogP contribution in [0.25, 0.3) is 11.1 Å². The van der Waals surface area contributed by atoms with Crippen LogP contribution < -0.4 is 11.1 Å². The lowest BCUT2D eigenvalue weighted by Gasteiger charge is -2.14. The highest BCUT2D eigenvalue weighted by Crippen LogP contribution is 2.21. The van der Waals surface area contributed by atoms with Crippen LogP contribution in [0.15, 0.2) is 27.4 Å². The van der Waals surface area contributed by atoms with Gasteiger partial charge in [-0.15, -0.1) is 0 Å². The summed E-state index contributed by atoms with van der Waals surface area (Å²) in [6, 6.07) is 7.78. The lowest BCUT2D eigenvalue weighted by Crippen LogP contribution is -2.15. The summed E-state index contributed by atoms with van der Waals surface area (Å²) in [6.07, 6.45) is 1.22. The summed E-state index contributed by atoms with van der Waals surface area (Å²) < 4.78 is 5.00. The van der Waals surface area contributed by atoms with Crippen LogP contribution in [0.5, 0.6) is 0 Å². The van der Waals surface area contributed by atoms with Crippen molar-refractivity contribution in [2.75, 3.05) is 7.05 Å². The van der Waals surface area contributed by atoms with E-state index in [0.717, 1.165) is 12.0 Å². The van der Waals surface area contributed by atoms with Gasteiger partial charge in [0.2, 0.25) is 0 Å². The van der Waals surface area contributed by atoms with E-state index in [-0.39, 0.29) is 6.04 Å². The van der Waals surface area contributed by atoms with Crippen molar-refractivity contribution in [2.45, 2.75) is 18.9 Å². The average molecular weight is 231 g/mol. The van der Waals surface area contributed by atoms with Gasteiger partial charge in [0, 0.05) is 12.5 Å². The molecule has 0 aliphatic heterocycles. The molecule has 0 radical (unpaired) electrons. The van der Waals surface area contributed by atoms with Gasteiger partial charge in [-0.2, -0.15) is 5.26 Å². The minimum atomic E-state index is -0.449. The van der Waals surface area contributed by atoms with E-state index in [2.05, 4.69) is 16.4 Å². The van der Waals surface area contributed by atoms with Crippen LogP contribution in [0.2, 0.25) is 0 Å². The largest absolute Gasteiger partial charge is 0.417 e. The Morgan fingerprint density at radius 2 is 2.41 bits per heavy atom. The summed E-state index contributed by atoms with van der Waals surface area (Å²) in [4.78, 5) is 13.6. The van der Waals surface area contributed by atoms with Gasteiger partial charge in [0.25, 0.3) is 0 Å². The van der Waals surface area contributed by atoms with Crippen LogP contribution in [0.1, 0.15) is 24.4 Å². The summed E-state index contributed by atoms with van der Waals surface area (Å²) in [5.41, 5.74) is 2.25. The molecule has 5 heteroatoms. The molecule has 17 heavy (non-hydrogen) atoms. The molecule has 0 amide bonds. The number of hydrogen-bond donors (Lipinski definition) is 2. The molecule has 0 bridgehead atoms. The highest BCUT2D eigenvalue weighted by atomic mass is 16.4. The Labute approximate surface area is 98.1 Å². The van der Waals surface area contributed by atoms with Gasteiger partial charge >= 0.3 is 5.76 Å². The SMILES string of the molecule is CNC(CCC#N)c1ccc2[nH]c(=O)oc2c1. The zero-order valence-electron chi connectivity index (χ0n) is 9.49. The lowest BCUT2D eigenvalue weighted by molar-refractivity contribution is 0.545. The number of fused-ring (bicyclic) bond motifs is 1. The highest BCUT2D eigenvalue weighted by molar-refractivity contribution is 5.72. The maximum atomic E-state index is 11.0. The van der Waals surface area contributed by atoms with Gasteiger partial charge in [0.15, 0.2) is 5.58 Å². The lowest BCUT2D eigenvalue weighted by atomic mass is 10.0. The number of aromatic nitrogens is 1. The van der Waals surface area contributed by atoms with Gasteiger partial charge in [0.1, 0.15) is 0 Å². The number of nitrogens with zero attached hydrogens (tertiary/aromatic N) is 1. The van der Waals surface area contributed by atoms with Gasteiger partial charge in [-0.05, 0) is 31.2 Å². The topological polar surface area (TPSA) is 81.8 Å². The van der Waals surface area contributed by atoms with Crippen LogP contribution in [0.4, 0.5) is 0 Å². The number of nitrogens with one attached hydrogen (secondary N) is 2. The Hall–Kier alpha value is -2.06. The molecule has 2 N–H and O–H groups in total. The molecule has 2 aromatic rings. The Morgan fingerprint density at radius 3 is 3.12 bits per heavy atom. The molecule has 1 heterocycles. The maximum Gasteiger partial charge on any atom is 0.417 e. The summed E-state index contributed by atoms with van der Waals surface area (Å²) in [6.45, 7) is 0. The van der Waals surface area contributed by atoms with Crippen molar-refractivity contribution >= 4 is 11.1 Å². The second-order valence-corrected chi connectivity index (χ2v) is 3.81. The third-order valence-electron chi connectivity index (χ3n) is 2.74. The molecule has 0 spiro atoms. The smallest absolute Gasteiger partial charge is 0.408 e. The number of H-pyrrole nitrogens is 1. The molecule has 0 saturated heterocycles. The Bertz CT molecular complexity index is 606. The van der Waals surface area contributed by atoms with E-state index in [4.69, 9.17) is 9.68 Å². The van der Waals surface area contributed by atoms with Crippen LogP contribution in [0.3, 0.4) is 0 Å². The second-order valence-electron chi connectivity index (χ2n) is 3.81. The second kappa shape index (κ2) is 4.85. The standard InChI is InChI=1S/C12H13N3O2/c1-14-9(3-2-6-13)8-4-5-10-11(7-8)17-12(16)15-10/h4-5,7,9,14H,2-3H2,1H3,(H,15,16). The molecular formula is C12H13N3O2. The molecule has 88 valence electrons. The molecule has 0 saturated carbocycles. The van der Waals surface area contributed by atoms with E-state index in [1.54, 1.807) is 0 Å². The molecule has 1 unspecified atom stereocenters. The number of oxazole rings is 1. The van der Waals surface area contributed by atoms with Crippen molar-refractivity contribution in [3.63, 3.8) is 0 Å². The van der Waals surface area contributed by atoms with E-state index < -0.39 is 5.76 Å². The number of nitriles is 1. The maximum absolute atomic E-state index is 11.0. The number of rotatable bonds is 4. The van der Waals surface area contributed by atoms with Crippen molar-refractivity contribution in [1.29, 1.82) is 5.26 Å². The number of benzene rings is 1. The van der Waals surface area contributed by atoms with Crippen molar-refractivity contribution in [1.82, 2.24) is 10.3 Å². The van der Waals surface area contributed by atoms with Crippen molar-refractivity contribution < 1.29 is 4.42 Å². The molecule has 1 aromatic heterocycles. The van der Waals surface area contributed by atoms with Crippen LogP contribution in [-0.2, 0) is 0 Å². The summed E-state index contributed by atoms with van der Waals surface area (Å²) >= 11 is 0. The van der Waals surface area contributed by atoms with Crippen molar-refractivity contribution in [3.8, 4) is 6.07 Å². The summed E-state index contributed by atoms with van der Waals surface area (Å²) in [7, 11) is 1.85. The molecule has 0 fully saturated rings. The van der Waals surface area contributed by atoms with Crippen molar-refractivity contribution in [2.24, 2.45) is 0 Å². The quantitative estimate of drug-likeness (QED) is 0.838. The molecule has 5 nitrogen and oxygen atoms in total. The first-order valence-electron chi connectivity index (χ1n) is 5.41. The number of hydrogen-bond acceptors (Lipinski definition) is 4. The Balaban J connectivity index is 2.33. The Kier molecular flexibility index (Phi) is 3.26. The van der Waals surface area contributed by atoms with E-state index in [1.165, 1.54) is 0 Å². The minimum Gasteiger partial charge on any atom is -0.408 e. The van der Waals surface area contributed by atoms with Crippen LogP contribution in [-0.4, -0.2) is 12.0 Å². The fourth-order valence-corrected chi connectivity index (χ4v) is 1.87. The number of aromatic amines is 1. The molecule has 1 atom stereocenters. The zero-order chi connectivity index (χ0) is 12.3. The molecule has 0 aliphatic carbocycles. The highest BCUT2D eigenvalue weighted by Gasteiger charge is 2.10. The van der Waals surface area contributed by atoms with E-state index in [0.29, 0.717) is 17.5 Å². The third kappa shape index (κ3) is 2.37. The predicted molar refractivity (Wildman–Crippen MR) is 63.5 cm³/mol. The minimum absolute atomic E-state index is 0.0965. The molecule has 1 aromatic carbocycles. The molecule has 2 rings (SSSR count). The molecular weight excluding hydrogens is 218 g/mol. The van der Waals surface area contributed by atoms with E-state index in [1.807, 2.05) is 25.2 Å². The van der Waals surface area contributed by atoms with Gasteiger partial charge in [0.05, 0.1) is 11.6 Å². The molecule has 0 aliphatic rings. The monoisotopic (exact) mass is 231 g/mol. The van der Waals surface area contributed by atoms with E-state index >= 15 is 0 Å². The zero-order valence-corrected chi connectivity index (χ0v) is 9.49. The van der Waals surface area contributed by atoms with Gasteiger partial charge in [-0.1, -0.05) is 6.07 Å². The van der Waals surface area contributed by atoms with Crippen molar-refractivity contribution in [3.05, 3.63) is 34.3 Å². The average Bonchev–Trinajstić information content (AvgIpc) is 2.69. The fourth-order valence-electron chi connectivity index (χ4n) is 1.87. The third-order valence-corrected chi connectivity index (χ3v) is 2.74. The van der Waals surface area contributed by atoms with Gasteiger partial charge < -0.3 is 9.73 Å². The first-order chi connectivity index (χ1) is 8.24. The first kappa shape index (κ1) is 11.4. The van der Waals surface area contributed by atoms with Gasteiger partial charge in [-0.3, -0.25) is 4.98 Å². The van der Waals surface area contributed by atoms with Crippen LogP contribution in [0, 0.1) is 11.3 Å². The summed E-state index contributed by atoms with van der Waals surface area (Å²) in [5, 5.41) is 11.7. The fraction of sp³-hybridized carbons (Fsp3) is 0.333. The summed E-state index contributed by atoms with van der Waals surface area (Å²) in [5.74, 6) is -0.449. The predicted octanol–water partition coefficient (Wildman–Crippen LogP) is 1.69.